The van der Waals surface area contributed by atoms with Crippen molar-refractivity contribution in [2.75, 3.05) is 0 Å². The summed E-state index contributed by atoms with van der Waals surface area (Å²) in [6, 6.07) is 10.4. The van der Waals surface area contributed by atoms with Crippen LogP contribution in [0, 0.1) is 0 Å². The second-order valence-electron chi connectivity index (χ2n) is 8.11. The van der Waals surface area contributed by atoms with E-state index in [1.54, 1.807) is 18.2 Å². The van der Waals surface area contributed by atoms with Crippen LogP contribution in [0.3, 0.4) is 0 Å². The van der Waals surface area contributed by atoms with Gasteiger partial charge in [-0.25, -0.2) is 0 Å². The summed E-state index contributed by atoms with van der Waals surface area (Å²) in [5.41, 5.74) is 0.861. The predicted molar refractivity (Wildman–Crippen MR) is 122 cm³/mol. The summed E-state index contributed by atoms with van der Waals surface area (Å²) < 4.78 is 38.2. The molecule has 0 aliphatic heterocycles. The van der Waals surface area contributed by atoms with Crippen molar-refractivity contribution >= 4 is 10.1 Å². The van der Waals surface area contributed by atoms with E-state index in [2.05, 4.69) is 6.92 Å². The summed E-state index contributed by atoms with van der Waals surface area (Å²) in [6.07, 6.45) is 14.5. The SMILES string of the molecule is CCCCCCCCCCCCCc1ccc(S(=O)(=O)O)cc1Oc1cccc([O-])c1.[Na+]. The Kier molecular flexibility index (Phi) is 14.2. The second kappa shape index (κ2) is 15.7. The zero-order valence-corrected chi connectivity index (χ0v) is 22.3. The van der Waals surface area contributed by atoms with E-state index in [0.717, 1.165) is 24.8 Å². The molecule has 5 nitrogen and oxygen atoms in total. The van der Waals surface area contributed by atoms with Crippen LogP contribution in [0.25, 0.3) is 0 Å². The Balaban J connectivity index is 0.00000512. The van der Waals surface area contributed by atoms with Gasteiger partial charge in [-0.15, -0.1) is 5.75 Å². The van der Waals surface area contributed by atoms with E-state index in [1.807, 2.05) is 0 Å². The number of aryl methyl sites for hydroxylation is 1. The van der Waals surface area contributed by atoms with Gasteiger partial charge in [-0.1, -0.05) is 89.3 Å². The van der Waals surface area contributed by atoms with Gasteiger partial charge in [-0.05, 0) is 36.6 Å². The maximum absolute atomic E-state index is 11.6. The molecule has 0 spiro atoms. The Morgan fingerprint density at radius 3 is 2.00 bits per heavy atom. The fourth-order valence-electron chi connectivity index (χ4n) is 3.64. The Hall–Kier alpha value is -1.05. The molecule has 0 saturated heterocycles. The van der Waals surface area contributed by atoms with Gasteiger partial charge in [0, 0.05) is 6.07 Å². The van der Waals surface area contributed by atoms with Gasteiger partial charge in [-0.3, -0.25) is 4.55 Å². The minimum Gasteiger partial charge on any atom is -0.872 e. The molecule has 1 N–H and O–H groups in total. The van der Waals surface area contributed by atoms with Crippen molar-refractivity contribution in [1.82, 2.24) is 0 Å². The smallest absolute Gasteiger partial charge is 0.872 e. The quantitative estimate of drug-likeness (QED) is 0.244. The molecule has 2 aromatic rings. The fourth-order valence-corrected chi connectivity index (χ4v) is 4.14. The van der Waals surface area contributed by atoms with Gasteiger partial charge in [0.05, 0.1) is 4.90 Å². The van der Waals surface area contributed by atoms with Crippen LogP contribution in [0.15, 0.2) is 47.4 Å². The van der Waals surface area contributed by atoms with Crippen molar-refractivity contribution in [3.63, 3.8) is 0 Å². The molecule has 2 rings (SSSR count). The third kappa shape index (κ3) is 11.2. The molecule has 32 heavy (non-hydrogen) atoms. The Labute approximate surface area is 215 Å². The molecular weight excluding hydrogens is 435 g/mol. The van der Waals surface area contributed by atoms with Gasteiger partial charge in [0.25, 0.3) is 10.1 Å². The molecule has 7 heteroatoms. The molecule has 0 saturated carbocycles. The molecule has 0 aromatic heterocycles. The van der Waals surface area contributed by atoms with Gasteiger partial charge in [0.2, 0.25) is 0 Å². The summed E-state index contributed by atoms with van der Waals surface area (Å²) in [5, 5.41) is 11.6. The van der Waals surface area contributed by atoms with Crippen molar-refractivity contribution in [2.45, 2.75) is 88.9 Å². The van der Waals surface area contributed by atoms with E-state index in [0.29, 0.717) is 11.5 Å². The maximum Gasteiger partial charge on any atom is 1.00 e. The first-order valence-corrected chi connectivity index (χ1v) is 12.9. The van der Waals surface area contributed by atoms with Crippen LogP contribution in [0.1, 0.15) is 83.1 Å². The van der Waals surface area contributed by atoms with Gasteiger partial charge in [0.1, 0.15) is 11.5 Å². The topological polar surface area (TPSA) is 86.7 Å². The van der Waals surface area contributed by atoms with E-state index in [4.69, 9.17) is 4.74 Å². The summed E-state index contributed by atoms with van der Waals surface area (Å²) in [7, 11) is -4.33. The Bertz CT molecular complexity index is 899. The number of rotatable bonds is 15. The second-order valence-corrected chi connectivity index (χ2v) is 9.53. The van der Waals surface area contributed by atoms with Gasteiger partial charge >= 0.3 is 29.6 Å². The molecule has 2 aromatic carbocycles. The molecule has 0 fully saturated rings. The number of unbranched alkanes of at least 4 members (excludes halogenated alkanes) is 10. The maximum atomic E-state index is 11.6. The number of benzene rings is 2. The summed E-state index contributed by atoms with van der Waals surface area (Å²) in [6.45, 7) is 2.24. The van der Waals surface area contributed by atoms with Crippen molar-refractivity contribution in [2.24, 2.45) is 0 Å². The monoisotopic (exact) mass is 470 g/mol. The van der Waals surface area contributed by atoms with Gasteiger partial charge in [-0.2, -0.15) is 8.42 Å². The first-order valence-electron chi connectivity index (χ1n) is 11.5. The normalized spacial score (nSPS) is 11.2. The van der Waals surface area contributed by atoms with Crippen LogP contribution in [-0.2, 0) is 16.5 Å². The van der Waals surface area contributed by atoms with Gasteiger partial charge < -0.3 is 9.84 Å². The van der Waals surface area contributed by atoms with Crippen molar-refractivity contribution < 1.29 is 52.4 Å². The van der Waals surface area contributed by atoms with E-state index >= 15 is 0 Å². The first-order chi connectivity index (χ1) is 14.9. The van der Waals surface area contributed by atoms with Crippen molar-refractivity contribution in [3.05, 3.63) is 48.0 Å². The molecular formula is C25H35NaO5S. The van der Waals surface area contributed by atoms with Crippen LogP contribution in [0.5, 0.6) is 17.2 Å². The molecule has 0 atom stereocenters. The zero-order chi connectivity index (χ0) is 22.5. The predicted octanol–water partition coefficient (Wildman–Crippen LogP) is 3.66. The number of hydrogen-bond acceptors (Lipinski definition) is 4. The van der Waals surface area contributed by atoms with Crippen molar-refractivity contribution in [1.29, 1.82) is 0 Å². The number of ether oxygens (including phenoxy) is 1. The van der Waals surface area contributed by atoms with Crippen molar-refractivity contribution in [3.8, 4) is 17.2 Å². The molecule has 0 aliphatic carbocycles. The summed E-state index contributed by atoms with van der Waals surface area (Å²) in [5.74, 6) is 0.517. The fraction of sp³-hybridized carbons (Fsp3) is 0.520. The van der Waals surface area contributed by atoms with Gasteiger partial charge in [0.15, 0.2) is 0 Å². The average molecular weight is 471 g/mol. The van der Waals surface area contributed by atoms with Crippen LogP contribution < -0.4 is 39.4 Å². The van der Waals surface area contributed by atoms with E-state index in [-0.39, 0.29) is 40.2 Å². The van der Waals surface area contributed by atoms with E-state index in [1.165, 1.54) is 82.1 Å². The van der Waals surface area contributed by atoms with E-state index < -0.39 is 10.1 Å². The Morgan fingerprint density at radius 1 is 0.844 bits per heavy atom. The minimum atomic E-state index is -4.33. The molecule has 172 valence electrons. The third-order valence-electron chi connectivity index (χ3n) is 5.42. The molecule has 0 radical (unpaired) electrons. The standard InChI is InChI=1S/C25H36O5S.Na/c1-2-3-4-5-6-7-8-9-10-11-12-14-21-17-18-24(31(27,28)29)20-25(21)30-23-16-13-15-22(26)19-23;/h13,15-20,26H,2-12,14H2,1H3,(H,27,28,29);/q;+1/p-1. The molecule has 0 unspecified atom stereocenters. The molecule has 0 bridgehead atoms. The average Bonchev–Trinajstić information content (AvgIpc) is 2.72. The largest absolute Gasteiger partial charge is 1.00 e. The van der Waals surface area contributed by atoms with Crippen LogP contribution in [0.4, 0.5) is 0 Å². The van der Waals surface area contributed by atoms with Crippen LogP contribution >= 0.6 is 0 Å². The van der Waals surface area contributed by atoms with E-state index in [9.17, 15) is 18.1 Å². The Morgan fingerprint density at radius 2 is 1.44 bits per heavy atom. The van der Waals surface area contributed by atoms with Crippen LogP contribution in [0.2, 0.25) is 0 Å². The summed E-state index contributed by atoms with van der Waals surface area (Å²) in [4.78, 5) is -0.219. The third-order valence-corrected chi connectivity index (χ3v) is 6.27. The van der Waals surface area contributed by atoms with Crippen LogP contribution in [-0.4, -0.2) is 13.0 Å². The molecule has 0 aliphatic rings. The molecule has 0 amide bonds. The first kappa shape index (κ1) is 29.0. The minimum absolute atomic E-state index is 0. The number of hydrogen-bond donors (Lipinski definition) is 1. The molecule has 0 heterocycles. The summed E-state index contributed by atoms with van der Waals surface area (Å²) >= 11 is 0. The zero-order valence-electron chi connectivity index (χ0n) is 19.5.